The van der Waals surface area contributed by atoms with E-state index >= 15 is 0 Å². The van der Waals surface area contributed by atoms with Crippen molar-refractivity contribution in [3.05, 3.63) is 26.8 Å². The Hall–Kier alpha value is -0.330. The molecule has 0 N–H and O–H groups in total. The Labute approximate surface area is 81.1 Å². The van der Waals surface area contributed by atoms with Crippen molar-refractivity contribution in [2.75, 3.05) is 0 Å². The van der Waals surface area contributed by atoms with E-state index in [0.29, 0.717) is 3.57 Å². The lowest BCUT2D eigenvalue weighted by Crippen LogP contribution is -1.99. The van der Waals surface area contributed by atoms with E-state index < -0.39 is 18.1 Å². The average molecular weight is 287 g/mol. The molecule has 1 aromatic rings. The van der Waals surface area contributed by atoms with Crippen molar-refractivity contribution >= 4 is 22.6 Å². The number of aromatic nitrogens is 1. The summed E-state index contributed by atoms with van der Waals surface area (Å²) in [7, 11) is 0. The summed E-state index contributed by atoms with van der Waals surface area (Å²) in [6.45, 7) is 1.49. The van der Waals surface area contributed by atoms with Crippen LogP contribution in [0.2, 0.25) is 0 Å². The molecule has 66 valence electrons. The number of hydrogen-bond donors (Lipinski definition) is 0. The summed E-state index contributed by atoms with van der Waals surface area (Å²) in [6, 6.07) is 1.35. The smallest absolute Gasteiger partial charge is 0.217 e. The van der Waals surface area contributed by atoms with E-state index in [2.05, 4.69) is 4.98 Å². The van der Waals surface area contributed by atoms with Crippen LogP contribution in [0, 0.1) is 16.4 Å². The summed E-state index contributed by atoms with van der Waals surface area (Å²) in [5.41, 5.74) is -0.206. The standard InChI is InChI=1S/C7H5F3IN/c1-3-2-4(11)5(6(8)9)12-7(3)10/h2,6H,1H3. The van der Waals surface area contributed by atoms with Crippen LogP contribution in [0.1, 0.15) is 17.7 Å². The van der Waals surface area contributed by atoms with E-state index in [0.717, 1.165) is 0 Å². The molecule has 5 heteroatoms. The van der Waals surface area contributed by atoms with E-state index in [1.807, 2.05) is 0 Å². The highest BCUT2D eigenvalue weighted by atomic mass is 127. The molecule has 0 spiro atoms. The van der Waals surface area contributed by atoms with Crippen molar-refractivity contribution in [2.24, 2.45) is 0 Å². The van der Waals surface area contributed by atoms with Crippen LogP contribution in [0.4, 0.5) is 13.2 Å². The molecule has 0 aliphatic carbocycles. The first kappa shape index (κ1) is 9.76. The van der Waals surface area contributed by atoms with Crippen LogP contribution < -0.4 is 0 Å². The predicted molar refractivity (Wildman–Crippen MR) is 46.6 cm³/mol. The van der Waals surface area contributed by atoms with Gasteiger partial charge in [-0.2, -0.15) is 4.39 Å². The third kappa shape index (κ3) is 1.88. The van der Waals surface area contributed by atoms with Crippen LogP contribution in [-0.2, 0) is 0 Å². The highest BCUT2D eigenvalue weighted by Gasteiger charge is 2.15. The van der Waals surface area contributed by atoms with Crippen molar-refractivity contribution in [2.45, 2.75) is 13.3 Å². The first-order chi connectivity index (χ1) is 5.52. The lowest BCUT2D eigenvalue weighted by atomic mass is 10.3. The Kier molecular flexibility index (Phi) is 2.92. The fourth-order valence-corrected chi connectivity index (χ4v) is 1.55. The Morgan fingerprint density at radius 2 is 2.08 bits per heavy atom. The van der Waals surface area contributed by atoms with E-state index in [1.54, 1.807) is 22.6 Å². The Balaban J connectivity index is 3.23. The Bertz CT molecular complexity index is 301. The first-order valence-corrected chi connectivity index (χ1v) is 4.21. The largest absolute Gasteiger partial charge is 0.281 e. The van der Waals surface area contributed by atoms with Crippen LogP contribution in [0.15, 0.2) is 6.07 Å². The van der Waals surface area contributed by atoms with E-state index in [4.69, 9.17) is 0 Å². The number of aryl methyl sites for hydroxylation is 1. The maximum Gasteiger partial charge on any atom is 0.281 e. The minimum Gasteiger partial charge on any atom is -0.217 e. The van der Waals surface area contributed by atoms with Gasteiger partial charge in [0, 0.05) is 9.13 Å². The number of alkyl halides is 2. The molecule has 1 nitrogen and oxygen atoms in total. The van der Waals surface area contributed by atoms with Gasteiger partial charge in [0.2, 0.25) is 5.95 Å². The SMILES string of the molecule is Cc1cc(I)c(C(F)F)nc1F. The van der Waals surface area contributed by atoms with Gasteiger partial charge in [-0.3, -0.25) is 0 Å². The summed E-state index contributed by atoms with van der Waals surface area (Å²) in [5.74, 6) is -0.828. The minimum atomic E-state index is -2.72. The summed E-state index contributed by atoms with van der Waals surface area (Å²) < 4.78 is 37.2. The molecular weight excluding hydrogens is 282 g/mol. The molecule has 0 aliphatic rings. The number of hydrogen-bond acceptors (Lipinski definition) is 1. The van der Waals surface area contributed by atoms with Crippen LogP contribution >= 0.6 is 22.6 Å². The second kappa shape index (κ2) is 3.59. The monoisotopic (exact) mass is 287 g/mol. The van der Waals surface area contributed by atoms with E-state index in [9.17, 15) is 13.2 Å². The molecule has 0 atom stereocenters. The molecule has 0 fully saturated rings. The Morgan fingerprint density at radius 1 is 1.50 bits per heavy atom. The van der Waals surface area contributed by atoms with Gasteiger partial charge in [0.25, 0.3) is 6.43 Å². The van der Waals surface area contributed by atoms with Crippen LogP contribution in [-0.4, -0.2) is 4.98 Å². The van der Waals surface area contributed by atoms with Crippen molar-refractivity contribution in [3.8, 4) is 0 Å². The molecule has 0 amide bonds. The van der Waals surface area contributed by atoms with Crippen molar-refractivity contribution in [3.63, 3.8) is 0 Å². The van der Waals surface area contributed by atoms with Gasteiger partial charge in [0.05, 0.1) is 0 Å². The zero-order valence-electron chi connectivity index (χ0n) is 6.11. The normalized spacial score (nSPS) is 10.8. The van der Waals surface area contributed by atoms with E-state index in [-0.39, 0.29) is 5.56 Å². The van der Waals surface area contributed by atoms with Gasteiger partial charge in [-0.15, -0.1) is 0 Å². The molecule has 0 aliphatic heterocycles. The van der Waals surface area contributed by atoms with Crippen LogP contribution in [0.5, 0.6) is 0 Å². The predicted octanol–water partition coefficient (Wildman–Crippen LogP) is 3.07. The highest BCUT2D eigenvalue weighted by Crippen LogP contribution is 2.23. The molecule has 0 saturated heterocycles. The molecule has 0 aromatic carbocycles. The van der Waals surface area contributed by atoms with Crippen LogP contribution in [0.3, 0.4) is 0 Å². The average Bonchev–Trinajstić information content (AvgIpc) is 1.96. The zero-order chi connectivity index (χ0) is 9.30. The van der Waals surface area contributed by atoms with Gasteiger partial charge in [-0.25, -0.2) is 13.8 Å². The van der Waals surface area contributed by atoms with Gasteiger partial charge in [0.1, 0.15) is 5.69 Å². The van der Waals surface area contributed by atoms with Crippen molar-refractivity contribution < 1.29 is 13.2 Å². The van der Waals surface area contributed by atoms with Crippen molar-refractivity contribution in [1.29, 1.82) is 0 Å². The number of rotatable bonds is 1. The second-order valence-electron chi connectivity index (χ2n) is 2.26. The van der Waals surface area contributed by atoms with Crippen LogP contribution in [0.25, 0.3) is 0 Å². The molecule has 1 rings (SSSR count). The molecule has 12 heavy (non-hydrogen) atoms. The highest BCUT2D eigenvalue weighted by molar-refractivity contribution is 14.1. The zero-order valence-corrected chi connectivity index (χ0v) is 8.27. The third-order valence-corrected chi connectivity index (χ3v) is 2.20. The van der Waals surface area contributed by atoms with E-state index in [1.165, 1.54) is 13.0 Å². The molecule has 1 heterocycles. The minimum absolute atomic E-state index is 0.281. The maximum absolute atomic E-state index is 12.7. The number of nitrogens with zero attached hydrogens (tertiary/aromatic N) is 1. The summed E-state index contributed by atoms with van der Waals surface area (Å²) in [6.07, 6.45) is -2.72. The molecule has 0 radical (unpaired) electrons. The quantitative estimate of drug-likeness (QED) is 0.571. The second-order valence-corrected chi connectivity index (χ2v) is 3.43. The first-order valence-electron chi connectivity index (χ1n) is 3.13. The molecule has 1 aromatic heterocycles. The van der Waals surface area contributed by atoms with Gasteiger partial charge >= 0.3 is 0 Å². The van der Waals surface area contributed by atoms with Gasteiger partial charge in [-0.05, 0) is 35.6 Å². The number of pyridine rings is 1. The summed E-state index contributed by atoms with van der Waals surface area (Å²) in [5, 5.41) is 0. The van der Waals surface area contributed by atoms with Crippen molar-refractivity contribution in [1.82, 2.24) is 4.98 Å². The molecule has 0 unspecified atom stereocenters. The maximum atomic E-state index is 12.7. The Morgan fingerprint density at radius 3 is 2.58 bits per heavy atom. The molecule has 0 bridgehead atoms. The van der Waals surface area contributed by atoms with Gasteiger partial charge in [0.15, 0.2) is 0 Å². The lowest BCUT2D eigenvalue weighted by molar-refractivity contribution is 0.143. The fourth-order valence-electron chi connectivity index (χ4n) is 0.724. The molecular formula is C7H5F3IN. The lowest BCUT2D eigenvalue weighted by Gasteiger charge is -2.03. The third-order valence-electron chi connectivity index (χ3n) is 1.34. The topological polar surface area (TPSA) is 12.9 Å². The van der Waals surface area contributed by atoms with Gasteiger partial charge in [-0.1, -0.05) is 0 Å². The number of halogens is 4. The molecule has 0 saturated carbocycles. The fraction of sp³-hybridized carbons (Fsp3) is 0.286. The van der Waals surface area contributed by atoms with Gasteiger partial charge < -0.3 is 0 Å². The summed E-state index contributed by atoms with van der Waals surface area (Å²) >= 11 is 1.71. The summed E-state index contributed by atoms with van der Waals surface area (Å²) in [4.78, 5) is 3.15.